The van der Waals surface area contributed by atoms with Crippen LogP contribution in [-0.2, 0) is 18.3 Å². The van der Waals surface area contributed by atoms with Crippen LogP contribution in [0.3, 0.4) is 0 Å². The number of aryl methyl sites for hydroxylation is 1. The van der Waals surface area contributed by atoms with E-state index in [-0.39, 0.29) is 29.3 Å². The van der Waals surface area contributed by atoms with Gasteiger partial charge in [0.05, 0.1) is 31.9 Å². The lowest BCUT2D eigenvalue weighted by atomic mass is 10.1. The van der Waals surface area contributed by atoms with Crippen molar-refractivity contribution in [1.29, 1.82) is 0 Å². The quantitative estimate of drug-likeness (QED) is 0.698. The molecule has 2 aromatic carbocycles. The van der Waals surface area contributed by atoms with Gasteiger partial charge in [0.25, 0.3) is 0 Å². The van der Waals surface area contributed by atoms with Gasteiger partial charge in [0.15, 0.2) is 11.5 Å². The van der Waals surface area contributed by atoms with Gasteiger partial charge in [-0.25, -0.2) is 4.79 Å². The molecule has 3 aromatic rings. The SMILES string of the molecule is COc1cc(NC(=O)Cc2cn(C)c3ccccc23)c(C(=O)O)cc1OC. The van der Waals surface area contributed by atoms with Crippen molar-refractivity contribution in [2.45, 2.75) is 6.42 Å². The zero-order valence-corrected chi connectivity index (χ0v) is 15.3. The van der Waals surface area contributed by atoms with E-state index in [1.165, 1.54) is 26.4 Å². The van der Waals surface area contributed by atoms with Crippen molar-refractivity contribution in [3.8, 4) is 11.5 Å². The number of hydrogen-bond acceptors (Lipinski definition) is 4. The number of rotatable bonds is 6. The average Bonchev–Trinajstić information content (AvgIpc) is 2.97. The normalized spacial score (nSPS) is 10.6. The minimum Gasteiger partial charge on any atom is -0.493 e. The van der Waals surface area contributed by atoms with E-state index < -0.39 is 5.97 Å². The number of benzene rings is 2. The van der Waals surface area contributed by atoms with Crippen LogP contribution >= 0.6 is 0 Å². The first-order valence-corrected chi connectivity index (χ1v) is 8.26. The van der Waals surface area contributed by atoms with Crippen molar-refractivity contribution >= 4 is 28.5 Å². The van der Waals surface area contributed by atoms with Crippen molar-refractivity contribution in [3.63, 3.8) is 0 Å². The second-order valence-electron chi connectivity index (χ2n) is 6.07. The van der Waals surface area contributed by atoms with E-state index in [0.717, 1.165) is 16.5 Å². The van der Waals surface area contributed by atoms with E-state index in [9.17, 15) is 14.7 Å². The first-order chi connectivity index (χ1) is 12.9. The molecular formula is C20H20N2O5. The maximum absolute atomic E-state index is 12.6. The minimum atomic E-state index is -1.17. The number of fused-ring (bicyclic) bond motifs is 1. The van der Waals surface area contributed by atoms with Gasteiger partial charge in [0.2, 0.25) is 5.91 Å². The zero-order valence-electron chi connectivity index (χ0n) is 15.3. The highest BCUT2D eigenvalue weighted by atomic mass is 16.5. The van der Waals surface area contributed by atoms with E-state index in [1.54, 1.807) is 0 Å². The summed E-state index contributed by atoms with van der Waals surface area (Å²) < 4.78 is 12.3. The molecule has 0 spiro atoms. The van der Waals surface area contributed by atoms with E-state index in [1.807, 2.05) is 42.1 Å². The first kappa shape index (κ1) is 18.3. The number of hydrogen-bond donors (Lipinski definition) is 2. The number of nitrogens with zero attached hydrogens (tertiary/aromatic N) is 1. The molecule has 0 unspecified atom stereocenters. The summed E-state index contributed by atoms with van der Waals surface area (Å²) in [7, 11) is 4.78. The predicted octanol–water partition coefficient (Wildman–Crippen LogP) is 3.07. The Bertz CT molecular complexity index is 1020. The largest absolute Gasteiger partial charge is 0.493 e. The highest BCUT2D eigenvalue weighted by molar-refractivity contribution is 6.02. The molecule has 7 heteroatoms. The highest BCUT2D eigenvalue weighted by Gasteiger charge is 2.19. The van der Waals surface area contributed by atoms with E-state index in [0.29, 0.717) is 5.75 Å². The maximum atomic E-state index is 12.6. The molecule has 27 heavy (non-hydrogen) atoms. The Morgan fingerprint density at radius 3 is 2.44 bits per heavy atom. The number of para-hydroxylation sites is 1. The van der Waals surface area contributed by atoms with Crippen LogP contribution in [0.2, 0.25) is 0 Å². The number of ether oxygens (including phenoxy) is 2. The Balaban J connectivity index is 1.90. The van der Waals surface area contributed by atoms with Crippen LogP contribution in [0.25, 0.3) is 10.9 Å². The molecule has 0 fully saturated rings. The Morgan fingerprint density at radius 1 is 1.11 bits per heavy atom. The van der Waals surface area contributed by atoms with E-state index >= 15 is 0 Å². The smallest absolute Gasteiger partial charge is 0.337 e. The fourth-order valence-electron chi connectivity index (χ4n) is 3.09. The molecule has 0 aliphatic heterocycles. The Labute approximate surface area is 156 Å². The third-order valence-corrected chi connectivity index (χ3v) is 4.36. The van der Waals surface area contributed by atoms with Crippen molar-refractivity contribution < 1.29 is 24.2 Å². The standard InChI is InChI=1S/C20H20N2O5/c1-22-11-12(13-6-4-5-7-16(13)22)8-19(23)21-15-10-18(27-3)17(26-2)9-14(15)20(24)25/h4-7,9-11H,8H2,1-3H3,(H,21,23)(H,24,25). The molecule has 1 heterocycles. The number of methoxy groups -OCH3 is 2. The van der Waals surface area contributed by atoms with Crippen LogP contribution in [0.15, 0.2) is 42.6 Å². The minimum absolute atomic E-state index is 0.0704. The van der Waals surface area contributed by atoms with Gasteiger partial charge in [-0.05, 0) is 11.6 Å². The number of anilines is 1. The number of carboxylic acid groups (broad SMARTS) is 1. The lowest BCUT2D eigenvalue weighted by molar-refractivity contribution is -0.115. The van der Waals surface area contributed by atoms with Crippen molar-refractivity contribution in [3.05, 3.63) is 53.7 Å². The fourth-order valence-corrected chi connectivity index (χ4v) is 3.09. The topological polar surface area (TPSA) is 89.8 Å². The molecule has 0 radical (unpaired) electrons. The molecule has 1 aromatic heterocycles. The molecule has 0 saturated carbocycles. The van der Waals surface area contributed by atoms with Gasteiger partial charge in [-0.1, -0.05) is 18.2 Å². The summed E-state index contributed by atoms with van der Waals surface area (Å²) in [5.74, 6) is -0.873. The van der Waals surface area contributed by atoms with Gasteiger partial charge < -0.3 is 24.5 Å². The van der Waals surface area contributed by atoms with Gasteiger partial charge >= 0.3 is 5.97 Å². The molecule has 7 nitrogen and oxygen atoms in total. The Morgan fingerprint density at radius 2 is 1.78 bits per heavy atom. The lowest BCUT2D eigenvalue weighted by Gasteiger charge is -2.13. The summed E-state index contributed by atoms with van der Waals surface area (Å²) in [5, 5.41) is 13.1. The predicted molar refractivity (Wildman–Crippen MR) is 102 cm³/mol. The zero-order chi connectivity index (χ0) is 19.6. The second-order valence-corrected chi connectivity index (χ2v) is 6.07. The van der Waals surface area contributed by atoms with Crippen LogP contribution < -0.4 is 14.8 Å². The molecule has 0 saturated heterocycles. The monoisotopic (exact) mass is 368 g/mol. The number of carbonyl (C=O) groups is 2. The molecular weight excluding hydrogens is 348 g/mol. The number of aromatic carboxylic acids is 1. The first-order valence-electron chi connectivity index (χ1n) is 8.26. The molecule has 0 atom stereocenters. The van der Waals surface area contributed by atoms with Crippen LogP contribution in [0, 0.1) is 0 Å². The van der Waals surface area contributed by atoms with Gasteiger partial charge in [0.1, 0.15) is 0 Å². The summed E-state index contributed by atoms with van der Waals surface area (Å²) in [6.07, 6.45) is 2.02. The van der Waals surface area contributed by atoms with Crippen LogP contribution in [-0.4, -0.2) is 35.8 Å². The number of amides is 1. The van der Waals surface area contributed by atoms with Gasteiger partial charge in [-0.3, -0.25) is 4.79 Å². The summed E-state index contributed by atoms with van der Waals surface area (Å²) >= 11 is 0. The van der Waals surface area contributed by atoms with E-state index in [4.69, 9.17) is 9.47 Å². The third kappa shape index (κ3) is 3.57. The van der Waals surface area contributed by atoms with Crippen LogP contribution in [0.4, 0.5) is 5.69 Å². The van der Waals surface area contributed by atoms with E-state index in [2.05, 4.69) is 5.32 Å². The fraction of sp³-hybridized carbons (Fsp3) is 0.200. The highest BCUT2D eigenvalue weighted by Crippen LogP contribution is 2.33. The summed E-state index contributed by atoms with van der Waals surface area (Å²) in [4.78, 5) is 24.1. The van der Waals surface area contributed by atoms with Gasteiger partial charge in [-0.2, -0.15) is 0 Å². The second kappa shape index (κ2) is 7.41. The Kier molecular flexibility index (Phi) is 5.03. The maximum Gasteiger partial charge on any atom is 0.337 e. The number of aromatic nitrogens is 1. The van der Waals surface area contributed by atoms with Crippen LogP contribution in [0.5, 0.6) is 11.5 Å². The summed E-state index contributed by atoms with van der Waals surface area (Å²) in [5.41, 5.74) is 1.98. The number of carboxylic acids is 1. The van der Waals surface area contributed by atoms with Gasteiger partial charge in [-0.15, -0.1) is 0 Å². The van der Waals surface area contributed by atoms with Gasteiger partial charge in [0, 0.05) is 36.3 Å². The lowest BCUT2D eigenvalue weighted by Crippen LogP contribution is -2.17. The molecule has 140 valence electrons. The van der Waals surface area contributed by atoms with Crippen molar-refractivity contribution in [2.24, 2.45) is 7.05 Å². The molecule has 1 amide bonds. The molecule has 0 bridgehead atoms. The molecule has 0 aliphatic rings. The summed E-state index contributed by atoms with van der Waals surface area (Å²) in [6, 6.07) is 10.6. The van der Waals surface area contributed by atoms with Crippen molar-refractivity contribution in [2.75, 3.05) is 19.5 Å². The number of carbonyl (C=O) groups excluding carboxylic acids is 1. The third-order valence-electron chi connectivity index (χ3n) is 4.36. The summed E-state index contributed by atoms with van der Waals surface area (Å²) in [6.45, 7) is 0. The van der Waals surface area contributed by atoms with Crippen molar-refractivity contribution in [1.82, 2.24) is 4.57 Å². The Hall–Kier alpha value is -3.48. The molecule has 2 N–H and O–H groups in total. The molecule has 3 rings (SSSR count). The van der Waals surface area contributed by atoms with Crippen LogP contribution in [0.1, 0.15) is 15.9 Å². The average molecular weight is 368 g/mol. The number of nitrogens with one attached hydrogen (secondary N) is 1. The molecule has 0 aliphatic carbocycles.